The van der Waals surface area contributed by atoms with Crippen LogP contribution in [0, 0.1) is 17.1 Å². The molecule has 0 saturated heterocycles. The number of nitrogens with zero attached hydrogens (tertiary/aromatic N) is 1. The Morgan fingerprint density at radius 1 is 1.50 bits per heavy atom. The molecule has 4 nitrogen and oxygen atoms in total. The molecule has 5 heteroatoms. The van der Waals surface area contributed by atoms with Gasteiger partial charge >= 0.3 is 5.97 Å². The lowest BCUT2D eigenvalue weighted by Gasteiger charge is -2.19. The summed E-state index contributed by atoms with van der Waals surface area (Å²) in [6.45, 7) is 5.09. The largest absolute Gasteiger partial charge is 0.456 e. The molecule has 0 radical (unpaired) electrons. The highest BCUT2D eigenvalue weighted by Crippen LogP contribution is 2.18. The molecule has 1 atom stereocenters. The second-order valence-electron chi connectivity index (χ2n) is 4.85. The van der Waals surface area contributed by atoms with Crippen molar-refractivity contribution in [2.24, 2.45) is 5.73 Å². The number of esters is 1. The summed E-state index contributed by atoms with van der Waals surface area (Å²) in [6, 6.07) is 4.67. The molecule has 0 amide bonds. The topological polar surface area (TPSA) is 76.1 Å². The van der Waals surface area contributed by atoms with Crippen LogP contribution < -0.4 is 5.73 Å². The highest BCUT2D eigenvalue weighted by molar-refractivity contribution is 5.90. The van der Waals surface area contributed by atoms with Gasteiger partial charge in [0.2, 0.25) is 0 Å². The lowest BCUT2D eigenvalue weighted by Crippen LogP contribution is -2.24. The quantitative estimate of drug-likeness (QED) is 0.817. The van der Waals surface area contributed by atoms with Crippen LogP contribution in [0.15, 0.2) is 18.2 Å². The van der Waals surface area contributed by atoms with E-state index in [-0.39, 0.29) is 5.56 Å². The number of hydrogen-bond donors (Lipinski definition) is 1. The minimum atomic E-state index is -0.910. The van der Waals surface area contributed by atoms with Gasteiger partial charge in [-0.3, -0.25) is 0 Å². The van der Waals surface area contributed by atoms with Crippen LogP contribution in [-0.2, 0) is 4.74 Å². The van der Waals surface area contributed by atoms with E-state index in [2.05, 4.69) is 0 Å². The van der Waals surface area contributed by atoms with Crippen molar-refractivity contribution in [1.82, 2.24) is 0 Å². The van der Waals surface area contributed by atoms with Crippen molar-refractivity contribution < 1.29 is 13.9 Å². The molecule has 0 aromatic heterocycles. The highest BCUT2D eigenvalue weighted by Gasteiger charge is 2.21. The van der Waals surface area contributed by atoms with Crippen LogP contribution in [-0.4, -0.2) is 11.6 Å². The lowest BCUT2D eigenvalue weighted by atomic mass is 10.1. The van der Waals surface area contributed by atoms with E-state index in [9.17, 15) is 9.18 Å². The molecule has 0 aliphatic heterocycles. The third-order valence-corrected chi connectivity index (χ3v) is 2.11. The van der Waals surface area contributed by atoms with Gasteiger partial charge in [-0.1, -0.05) is 6.07 Å². The Bertz CT molecular complexity index is 501. The molecule has 2 N–H and O–H groups in total. The molecule has 1 rings (SSSR count). The predicted molar refractivity (Wildman–Crippen MR) is 64.1 cm³/mol. The second-order valence-corrected chi connectivity index (χ2v) is 4.85. The van der Waals surface area contributed by atoms with Crippen LogP contribution in [0.25, 0.3) is 0 Å². The van der Waals surface area contributed by atoms with Gasteiger partial charge in [0, 0.05) is 0 Å². The zero-order valence-corrected chi connectivity index (χ0v) is 10.5. The molecule has 0 saturated carbocycles. The summed E-state index contributed by atoms with van der Waals surface area (Å²) in [7, 11) is 0. The molecule has 96 valence electrons. The van der Waals surface area contributed by atoms with Gasteiger partial charge in [-0.2, -0.15) is 5.26 Å². The van der Waals surface area contributed by atoms with Crippen molar-refractivity contribution in [2.45, 2.75) is 32.4 Å². The van der Waals surface area contributed by atoms with E-state index < -0.39 is 23.4 Å². The number of nitriles is 1. The van der Waals surface area contributed by atoms with Crippen molar-refractivity contribution >= 4 is 5.97 Å². The van der Waals surface area contributed by atoms with Crippen LogP contribution in [0.2, 0.25) is 0 Å². The summed E-state index contributed by atoms with van der Waals surface area (Å²) in [5.74, 6) is -1.48. The monoisotopic (exact) mass is 250 g/mol. The third kappa shape index (κ3) is 3.54. The Kier molecular flexibility index (Phi) is 4.04. The molecule has 0 heterocycles. The molecule has 0 aliphatic rings. The zero-order valence-electron chi connectivity index (χ0n) is 10.5. The maximum atomic E-state index is 13.7. The third-order valence-electron chi connectivity index (χ3n) is 2.11. The maximum absolute atomic E-state index is 13.7. The average Bonchev–Trinajstić information content (AvgIpc) is 2.25. The Morgan fingerprint density at radius 3 is 2.56 bits per heavy atom. The van der Waals surface area contributed by atoms with Crippen LogP contribution in [0.1, 0.15) is 42.7 Å². The van der Waals surface area contributed by atoms with Crippen LogP contribution in [0.5, 0.6) is 0 Å². The van der Waals surface area contributed by atoms with Crippen molar-refractivity contribution in [2.75, 3.05) is 0 Å². The van der Waals surface area contributed by atoms with E-state index in [4.69, 9.17) is 15.7 Å². The first-order valence-electron chi connectivity index (χ1n) is 5.42. The number of halogens is 1. The summed E-state index contributed by atoms with van der Waals surface area (Å²) in [6.07, 6.45) is 0. The van der Waals surface area contributed by atoms with Crippen molar-refractivity contribution in [3.8, 4) is 6.07 Å². The van der Waals surface area contributed by atoms with Gasteiger partial charge in [0.15, 0.2) is 0 Å². The first-order chi connectivity index (χ1) is 8.24. The molecular formula is C13H15FN2O2. The normalized spacial score (nSPS) is 12.7. The van der Waals surface area contributed by atoms with Gasteiger partial charge < -0.3 is 10.5 Å². The van der Waals surface area contributed by atoms with Crippen LogP contribution in [0.3, 0.4) is 0 Å². The van der Waals surface area contributed by atoms with E-state index in [0.717, 1.165) is 6.07 Å². The van der Waals surface area contributed by atoms with Gasteiger partial charge in [-0.25, -0.2) is 9.18 Å². The van der Waals surface area contributed by atoms with Gasteiger partial charge in [0.1, 0.15) is 17.5 Å². The van der Waals surface area contributed by atoms with Gasteiger partial charge in [0.05, 0.1) is 11.6 Å². The number of rotatable bonds is 2. The SMILES string of the molecule is CC(C)(C)OC(=O)c1ccc(C(N)C#N)cc1F. The molecule has 1 unspecified atom stereocenters. The molecule has 0 bridgehead atoms. The molecule has 1 aromatic carbocycles. The number of ether oxygens (including phenoxy) is 1. The highest BCUT2D eigenvalue weighted by atomic mass is 19.1. The Morgan fingerprint density at radius 2 is 2.11 bits per heavy atom. The number of hydrogen-bond acceptors (Lipinski definition) is 4. The first-order valence-corrected chi connectivity index (χ1v) is 5.42. The summed E-state index contributed by atoms with van der Waals surface area (Å²) < 4.78 is 18.8. The van der Waals surface area contributed by atoms with Crippen LogP contribution >= 0.6 is 0 Å². The number of carbonyl (C=O) groups excluding carboxylic acids is 1. The minimum Gasteiger partial charge on any atom is -0.456 e. The van der Waals surface area contributed by atoms with E-state index in [1.807, 2.05) is 0 Å². The average molecular weight is 250 g/mol. The summed E-state index contributed by atoms with van der Waals surface area (Å²) >= 11 is 0. The fraction of sp³-hybridized carbons (Fsp3) is 0.385. The zero-order chi connectivity index (χ0) is 13.9. The summed E-state index contributed by atoms with van der Waals surface area (Å²) in [4.78, 5) is 11.7. The van der Waals surface area contributed by atoms with Gasteiger partial charge in [-0.15, -0.1) is 0 Å². The maximum Gasteiger partial charge on any atom is 0.341 e. The molecule has 1 aromatic rings. The van der Waals surface area contributed by atoms with Crippen molar-refractivity contribution in [3.05, 3.63) is 35.1 Å². The summed E-state index contributed by atoms with van der Waals surface area (Å²) in [5, 5.41) is 8.62. The number of carbonyl (C=O) groups is 1. The predicted octanol–water partition coefficient (Wildman–Crippen LogP) is 2.30. The van der Waals surface area contributed by atoms with E-state index in [1.165, 1.54) is 12.1 Å². The van der Waals surface area contributed by atoms with Gasteiger partial charge in [-0.05, 0) is 38.5 Å². The van der Waals surface area contributed by atoms with Crippen molar-refractivity contribution in [3.63, 3.8) is 0 Å². The number of benzene rings is 1. The number of nitrogens with two attached hydrogens (primary N) is 1. The molecule has 0 aliphatic carbocycles. The molecular weight excluding hydrogens is 235 g/mol. The van der Waals surface area contributed by atoms with E-state index in [0.29, 0.717) is 5.56 Å². The smallest absolute Gasteiger partial charge is 0.341 e. The molecule has 0 fully saturated rings. The van der Waals surface area contributed by atoms with E-state index >= 15 is 0 Å². The fourth-order valence-corrected chi connectivity index (χ4v) is 1.30. The van der Waals surface area contributed by atoms with E-state index in [1.54, 1.807) is 26.8 Å². The standard InChI is InChI=1S/C13H15FN2O2/c1-13(2,3)18-12(17)9-5-4-8(6-10(9)14)11(16)7-15/h4-6,11H,16H2,1-3H3. The van der Waals surface area contributed by atoms with Crippen molar-refractivity contribution in [1.29, 1.82) is 5.26 Å². The Balaban J connectivity index is 3.00. The molecule has 18 heavy (non-hydrogen) atoms. The van der Waals surface area contributed by atoms with Gasteiger partial charge in [0.25, 0.3) is 0 Å². The minimum absolute atomic E-state index is 0.168. The first kappa shape index (κ1) is 14.1. The molecule has 0 spiro atoms. The Hall–Kier alpha value is -1.93. The Labute approximate surface area is 105 Å². The van der Waals surface area contributed by atoms with Crippen LogP contribution in [0.4, 0.5) is 4.39 Å². The second kappa shape index (κ2) is 5.15. The summed E-state index contributed by atoms with van der Waals surface area (Å²) in [5.41, 5.74) is 4.91. The lowest BCUT2D eigenvalue weighted by molar-refractivity contribution is 0.00647. The fourth-order valence-electron chi connectivity index (χ4n) is 1.30.